The predicted octanol–water partition coefficient (Wildman–Crippen LogP) is 3.60. The number of methoxy groups -OCH3 is 1. The molecule has 0 saturated carbocycles. The summed E-state index contributed by atoms with van der Waals surface area (Å²) in [5.74, 6) is 1.73. The van der Waals surface area contributed by atoms with Gasteiger partial charge in [0.2, 0.25) is 5.89 Å². The molecular weight excluding hydrogens is 290 g/mol. The molecule has 0 aliphatic carbocycles. The summed E-state index contributed by atoms with van der Waals surface area (Å²) in [5.41, 5.74) is 2.02. The van der Waals surface area contributed by atoms with Crippen LogP contribution in [0.1, 0.15) is 24.4 Å². The molecule has 1 heterocycles. The first-order valence-electron chi connectivity index (χ1n) is 7.52. The van der Waals surface area contributed by atoms with E-state index in [0.29, 0.717) is 24.1 Å². The highest BCUT2D eigenvalue weighted by atomic mass is 16.5. The van der Waals surface area contributed by atoms with Crippen LogP contribution in [0.2, 0.25) is 0 Å². The molecule has 0 radical (unpaired) electrons. The van der Waals surface area contributed by atoms with E-state index in [4.69, 9.17) is 9.15 Å². The molecule has 0 saturated heterocycles. The number of hydrogen-bond donors (Lipinski definition) is 1. The number of aromatic nitrogens is 2. The number of ether oxygens (including phenoxy) is 1. The molecule has 0 amide bonds. The van der Waals surface area contributed by atoms with E-state index in [-0.39, 0.29) is 6.04 Å². The fourth-order valence-electron chi connectivity index (χ4n) is 2.36. The van der Waals surface area contributed by atoms with E-state index in [9.17, 15) is 0 Å². The normalized spacial score (nSPS) is 12.1. The number of benzene rings is 2. The lowest BCUT2D eigenvalue weighted by molar-refractivity contribution is 0.412. The summed E-state index contributed by atoms with van der Waals surface area (Å²) in [4.78, 5) is 0. The number of rotatable bonds is 6. The zero-order chi connectivity index (χ0) is 16.1. The van der Waals surface area contributed by atoms with Gasteiger partial charge in [0.1, 0.15) is 5.75 Å². The third-order valence-corrected chi connectivity index (χ3v) is 3.66. The van der Waals surface area contributed by atoms with E-state index in [1.54, 1.807) is 7.11 Å². The second-order valence-electron chi connectivity index (χ2n) is 5.21. The highest BCUT2D eigenvalue weighted by Gasteiger charge is 2.13. The van der Waals surface area contributed by atoms with Crippen molar-refractivity contribution in [2.75, 3.05) is 7.11 Å². The van der Waals surface area contributed by atoms with Crippen molar-refractivity contribution in [3.05, 3.63) is 66.1 Å². The summed E-state index contributed by atoms with van der Waals surface area (Å²) in [6.07, 6.45) is 0. The molecule has 3 aromatic rings. The molecule has 3 rings (SSSR count). The van der Waals surface area contributed by atoms with Gasteiger partial charge < -0.3 is 14.5 Å². The van der Waals surface area contributed by atoms with Crippen molar-refractivity contribution in [2.45, 2.75) is 19.5 Å². The van der Waals surface area contributed by atoms with E-state index < -0.39 is 0 Å². The molecule has 0 bridgehead atoms. The van der Waals surface area contributed by atoms with Crippen LogP contribution >= 0.6 is 0 Å². The van der Waals surface area contributed by atoms with Crippen molar-refractivity contribution in [2.24, 2.45) is 0 Å². The van der Waals surface area contributed by atoms with Gasteiger partial charge in [-0.05, 0) is 24.6 Å². The zero-order valence-electron chi connectivity index (χ0n) is 13.2. The standard InChI is InChI=1S/C18H19N3O2/c1-13(14-8-4-3-5-9-14)19-12-17-20-21-18(23-17)15-10-6-7-11-16(15)22-2/h3-11,13,19H,12H2,1-2H3. The maximum Gasteiger partial charge on any atom is 0.251 e. The van der Waals surface area contributed by atoms with Gasteiger partial charge in [0, 0.05) is 6.04 Å². The molecule has 0 spiro atoms. The first-order valence-corrected chi connectivity index (χ1v) is 7.52. The Balaban J connectivity index is 1.68. The van der Waals surface area contributed by atoms with Crippen LogP contribution in [0, 0.1) is 0 Å². The molecule has 0 fully saturated rings. The zero-order valence-corrected chi connectivity index (χ0v) is 13.2. The van der Waals surface area contributed by atoms with Crippen molar-refractivity contribution in [1.82, 2.24) is 15.5 Å². The van der Waals surface area contributed by atoms with Gasteiger partial charge in [-0.2, -0.15) is 0 Å². The van der Waals surface area contributed by atoms with E-state index in [1.807, 2.05) is 42.5 Å². The molecule has 118 valence electrons. The number of nitrogens with zero attached hydrogens (tertiary/aromatic N) is 2. The maximum absolute atomic E-state index is 5.73. The summed E-state index contributed by atoms with van der Waals surface area (Å²) in [7, 11) is 1.62. The highest BCUT2D eigenvalue weighted by Crippen LogP contribution is 2.28. The summed E-state index contributed by atoms with van der Waals surface area (Å²) >= 11 is 0. The minimum Gasteiger partial charge on any atom is -0.496 e. The Hall–Kier alpha value is -2.66. The van der Waals surface area contributed by atoms with E-state index in [2.05, 4.69) is 34.6 Å². The minimum absolute atomic E-state index is 0.206. The first-order chi connectivity index (χ1) is 11.3. The van der Waals surface area contributed by atoms with Crippen LogP contribution in [0.15, 0.2) is 59.0 Å². The lowest BCUT2D eigenvalue weighted by atomic mass is 10.1. The molecule has 5 heteroatoms. The van der Waals surface area contributed by atoms with Crippen molar-refractivity contribution in [1.29, 1.82) is 0 Å². The Morgan fingerprint density at radius 2 is 1.78 bits per heavy atom. The highest BCUT2D eigenvalue weighted by molar-refractivity contribution is 5.62. The molecule has 23 heavy (non-hydrogen) atoms. The Kier molecular flexibility index (Phi) is 4.68. The largest absolute Gasteiger partial charge is 0.496 e. The summed E-state index contributed by atoms with van der Waals surface area (Å²) in [5, 5.41) is 11.6. The Morgan fingerprint density at radius 1 is 1.04 bits per heavy atom. The van der Waals surface area contributed by atoms with Crippen LogP contribution in [-0.2, 0) is 6.54 Å². The monoisotopic (exact) mass is 309 g/mol. The van der Waals surface area contributed by atoms with Gasteiger partial charge in [0.25, 0.3) is 5.89 Å². The number of hydrogen-bond acceptors (Lipinski definition) is 5. The van der Waals surface area contributed by atoms with Gasteiger partial charge in [-0.1, -0.05) is 42.5 Å². The Bertz CT molecular complexity index is 756. The predicted molar refractivity (Wildman–Crippen MR) is 88.0 cm³/mol. The quantitative estimate of drug-likeness (QED) is 0.754. The van der Waals surface area contributed by atoms with Crippen molar-refractivity contribution in [3.63, 3.8) is 0 Å². The average Bonchev–Trinajstić information content (AvgIpc) is 3.09. The van der Waals surface area contributed by atoms with Crippen LogP contribution in [0.5, 0.6) is 5.75 Å². The van der Waals surface area contributed by atoms with E-state index >= 15 is 0 Å². The second-order valence-corrected chi connectivity index (χ2v) is 5.21. The van der Waals surface area contributed by atoms with Gasteiger partial charge in [-0.25, -0.2) is 0 Å². The van der Waals surface area contributed by atoms with Crippen molar-refractivity contribution >= 4 is 0 Å². The van der Waals surface area contributed by atoms with E-state index in [0.717, 1.165) is 5.56 Å². The molecular formula is C18H19N3O2. The molecule has 1 aromatic heterocycles. The molecule has 1 atom stereocenters. The molecule has 2 aromatic carbocycles. The third-order valence-electron chi connectivity index (χ3n) is 3.66. The lowest BCUT2D eigenvalue weighted by Crippen LogP contribution is -2.18. The summed E-state index contributed by atoms with van der Waals surface area (Å²) < 4.78 is 11.1. The second kappa shape index (κ2) is 7.07. The van der Waals surface area contributed by atoms with Gasteiger partial charge in [-0.3, -0.25) is 0 Å². The Labute approximate surface area is 135 Å². The molecule has 5 nitrogen and oxygen atoms in total. The first kappa shape index (κ1) is 15.2. The van der Waals surface area contributed by atoms with Crippen molar-refractivity contribution in [3.8, 4) is 17.2 Å². The van der Waals surface area contributed by atoms with E-state index in [1.165, 1.54) is 5.56 Å². The Morgan fingerprint density at radius 3 is 2.57 bits per heavy atom. The third kappa shape index (κ3) is 3.57. The smallest absolute Gasteiger partial charge is 0.251 e. The minimum atomic E-state index is 0.206. The van der Waals surface area contributed by atoms with Gasteiger partial charge >= 0.3 is 0 Å². The fraction of sp³-hybridized carbons (Fsp3) is 0.222. The van der Waals surface area contributed by atoms with Crippen LogP contribution in [0.25, 0.3) is 11.5 Å². The number of nitrogens with one attached hydrogen (secondary N) is 1. The molecule has 0 aliphatic heterocycles. The molecule has 0 aliphatic rings. The van der Waals surface area contributed by atoms with Crippen molar-refractivity contribution < 1.29 is 9.15 Å². The van der Waals surface area contributed by atoms with Crippen LogP contribution in [-0.4, -0.2) is 17.3 Å². The lowest BCUT2D eigenvalue weighted by Gasteiger charge is -2.12. The summed E-state index contributed by atoms with van der Waals surface area (Å²) in [6, 6.07) is 18.0. The SMILES string of the molecule is COc1ccccc1-c1nnc(CNC(C)c2ccccc2)o1. The van der Waals surface area contributed by atoms with Crippen LogP contribution in [0.3, 0.4) is 0 Å². The molecule has 1 unspecified atom stereocenters. The summed E-state index contributed by atoms with van der Waals surface area (Å²) in [6.45, 7) is 2.62. The maximum atomic E-state index is 5.73. The topological polar surface area (TPSA) is 60.2 Å². The van der Waals surface area contributed by atoms with Gasteiger partial charge in [-0.15, -0.1) is 10.2 Å². The van der Waals surface area contributed by atoms with Gasteiger partial charge in [0.05, 0.1) is 19.2 Å². The van der Waals surface area contributed by atoms with Gasteiger partial charge in [0.15, 0.2) is 0 Å². The number of para-hydroxylation sites is 1. The molecule has 1 N–H and O–H groups in total. The van der Waals surface area contributed by atoms with Crippen LogP contribution < -0.4 is 10.1 Å². The van der Waals surface area contributed by atoms with Crippen LogP contribution in [0.4, 0.5) is 0 Å². The fourth-order valence-corrected chi connectivity index (χ4v) is 2.36. The average molecular weight is 309 g/mol.